The van der Waals surface area contributed by atoms with Gasteiger partial charge in [0.25, 0.3) is 0 Å². The highest BCUT2D eigenvalue weighted by molar-refractivity contribution is 5.78. The molecule has 4 N–H and O–H groups in total. The van der Waals surface area contributed by atoms with Crippen LogP contribution in [0.4, 0.5) is 0 Å². The van der Waals surface area contributed by atoms with E-state index in [2.05, 4.69) is 5.32 Å². The lowest BCUT2D eigenvalue weighted by Crippen LogP contribution is -2.39. The second-order valence-electron chi connectivity index (χ2n) is 2.48. The van der Waals surface area contributed by atoms with Gasteiger partial charge in [0.1, 0.15) is 6.10 Å². The van der Waals surface area contributed by atoms with Gasteiger partial charge >= 0.3 is 0 Å². The first-order chi connectivity index (χ1) is 4.54. The largest absolute Gasteiger partial charge is 0.382 e. The molecule has 0 radical (unpaired) electrons. The number of carbonyl (C=O) groups is 1. The number of amides is 1. The fourth-order valence-electron chi connectivity index (χ4n) is 0.448. The zero-order valence-electron chi connectivity index (χ0n) is 6.29. The molecule has 0 spiro atoms. The topological polar surface area (TPSA) is 75.3 Å². The second kappa shape index (κ2) is 4.24. The van der Waals surface area contributed by atoms with E-state index in [-0.39, 0.29) is 12.6 Å². The third-order valence-corrected chi connectivity index (χ3v) is 1.05. The van der Waals surface area contributed by atoms with Crippen LogP contribution in [0.3, 0.4) is 0 Å². The van der Waals surface area contributed by atoms with Crippen molar-refractivity contribution in [1.29, 1.82) is 0 Å². The van der Waals surface area contributed by atoms with Crippen LogP contribution in [0.25, 0.3) is 0 Å². The summed E-state index contributed by atoms with van der Waals surface area (Å²) in [4.78, 5) is 10.2. The molecule has 0 bridgehead atoms. The van der Waals surface area contributed by atoms with Crippen LogP contribution in [0.5, 0.6) is 0 Å². The first-order valence-electron chi connectivity index (χ1n) is 3.24. The van der Waals surface area contributed by atoms with Gasteiger partial charge < -0.3 is 16.2 Å². The Balaban J connectivity index is 3.40. The summed E-state index contributed by atoms with van der Waals surface area (Å²) >= 11 is 0. The lowest BCUT2D eigenvalue weighted by atomic mass is 10.3. The van der Waals surface area contributed by atoms with Gasteiger partial charge in [-0.05, 0) is 0 Å². The predicted molar refractivity (Wildman–Crippen MR) is 38.3 cm³/mol. The van der Waals surface area contributed by atoms with E-state index >= 15 is 0 Å². The zero-order valence-corrected chi connectivity index (χ0v) is 6.29. The summed E-state index contributed by atoms with van der Waals surface area (Å²) in [5.74, 6) is -0.687. The second-order valence-corrected chi connectivity index (χ2v) is 2.48. The summed E-state index contributed by atoms with van der Waals surface area (Å²) in [5, 5.41) is 11.7. The van der Waals surface area contributed by atoms with Crippen molar-refractivity contribution in [1.82, 2.24) is 5.32 Å². The van der Waals surface area contributed by atoms with E-state index in [9.17, 15) is 4.79 Å². The van der Waals surface area contributed by atoms with Gasteiger partial charge in [-0.1, -0.05) is 13.8 Å². The highest BCUT2D eigenvalue weighted by Crippen LogP contribution is 1.80. The van der Waals surface area contributed by atoms with Crippen molar-refractivity contribution < 1.29 is 9.90 Å². The number of carbonyl (C=O) groups excluding carboxylic acids is 1. The van der Waals surface area contributed by atoms with Gasteiger partial charge in [-0.15, -0.1) is 0 Å². The Kier molecular flexibility index (Phi) is 3.99. The molecule has 0 aromatic carbocycles. The van der Waals surface area contributed by atoms with Crippen molar-refractivity contribution in [2.45, 2.75) is 26.0 Å². The maximum atomic E-state index is 10.2. The highest BCUT2D eigenvalue weighted by Gasteiger charge is 2.09. The molecule has 0 aliphatic heterocycles. The van der Waals surface area contributed by atoms with Crippen LogP contribution in [-0.4, -0.2) is 29.7 Å². The maximum absolute atomic E-state index is 10.2. The number of rotatable bonds is 4. The molecule has 0 saturated carbocycles. The summed E-state index contributed by atoms with van der Waals surface area (Å²) in [7, 11) is 0. The molecule has 0 aromatic heterocycles. The van der Waals surface area contributed by atoms with Crippen LogP contribution >= 0.6 is 0 Å². The number of hydrogen-bond donors (Lipinski definition) is 3. The molecule has 4 heteroatoms. The molecule has 0 aromatic rings. The number of aliphatic hydroxyl groups excluding tert-OH is 1. The number of aliphatic hydroxyl groups is 1. The summed E-state index contributed by atoms with van der Waals surface area (Å²) in [6, 6.07) is 0.258. The average Bonchev–Trinajstić information content (AvgIpc) is 1.82. The molecule has 1 unspecified atom stereocenters. The molecular formula is C6H14N2O2. The molecule has 10 heavy (non-hydrogen) atoms. The molecule has 0 heterocycles. The number of primary amides is 1. The van der Waals surface area contributed by atoms with Gasteiger partial charge in [-0.2, -0.15) is 0 Å². The molecule has 1 amide bonds. The third-order valence-electron chi connectivity index (χ3n) is 1.05. The van der Waals surface area contributed by atoms with E-state index < -0.39 is 12.0 Å². The Morgan fingerprint density at radius 1 is 1.70 bits per heavy atom. The molecule has 0 rings (SSSR count). The molecule has 0 aliphatic carbocycles. The minimum absolute atomic E-state index is 0.229. The Labute approximate surface area is 60.4 Å². The van der Waals surface area contributed by atoms with Gasteiger partial charge in [0.05, 0.1) is 0 Å². The van der Waals surface area contributed by atoms with E-state index in [1.54, 1.807) is 0 Å². The zero-order chi connectivity index (χ0) is 8.15. The molecule has 0 aliphatic rings. The lowest BCUT2D eigenvalue weighted by Gasteiger charge is -2.10. The fourth-order valence-corrected chi connectivity index (χ4v) is 0.448. The summed E-state index contributed by atoms with van der Waals surface area (Å²) in [6.07, 6.45) is -1.07. The number of nitrogens with one attached hydrogen (secondary N) is 1. The quantitative estimate of drug-likeness (QED) is 0.468. The van der Waals surface area contributed by atoms with Crippen LogP contribution in [0.1, 0.15) is 13.8 Å². The van der Waals surface area contributed by atoms with Crippen LogP contribution in [0, 0.1) is 0 Å². The standard InChI is InChI=1S/C6H14N2O2/c1-4(2)8-3-5(9)6(7)10/h4-5,8-9H,3H2,1-2H3,(H2,7,10). The Bertz CT molecular complexity index is 114. The average molecular weight is 146 g/mol. The first kappa shape index (κ1) is 9.39. The van der Waals surface area contributed by atoms with E-state index in [1.165, 1.54) is 0 Å². The van der Waals surface area contributed by atoms with Gasteiger partial charge in [-0.3, -0.25) is 4.79 Å². The third kappa shape index (κ3) is 4.29. The first-order valence-corrected chi connectivity index (χ1v) is 3.24. The van der Waals surface area contributed by atoms with E-state index in [4.69, 9.17) is 10.8 Å². The molecule has 60 valence electrons. The number of nitrogens with two attached hydrogens (primary N) is 1. The molecule has 0 saturated heterocycles. The van der Waals surface area contributed by atoms with Crippen molar-refractivity contribution in [3.05, 3.63) is 0 Å². The normalized spacial score (nSPS) is 13.6. The van der Waals surface area contributed by atoms with Gasteiger partial charge in [-0.25, -0.2) is 0 Å². The van der Waals surface area contributed by atoms with Crippen molar-refractivity contribution in [2.24, 2.45) is 5.73 Å². The van der Waals surface area contributed by atoms with E-state index in [0.29, 0.717) is 0 Å². The van der Waals surface area contributed by atoms with Crippen molar-refractivity contribution in [2.75, 3.05) is 6.54 Å². The Morgan fingerprint density at radius 2 is 2.20 bits per heavy atom. The Morgan fingerprint density at radius 3 is 2.50 bits per heavy atom. The van der Waals surface area contributed by atoms with Crippen molar-refractivity contribution in [3.8, 4) is 0 Å². The number of hydrogen-bond acceptors (Lipinski definition) is 3. The summed E-state index contributed by atoms with van der Waals surface area (Å²) in [5.41, 5.74) is 4.79. The monoisotopic (exact) mass is 146 g/mol. The van der Waals surface area contributed by atoms with Gasteiger partial charge in [0, 0.05) is 12.6 Å². The van der Waals surface area contributed by atoms with Crippen LogP contribution in [0.15, 0.2) is 0 Å². The van der Waals surface area contributed by atoms with Gasteiger partial charge in [0.2, 0.25) is 5.91 Å². The van der Waals surface area contributed by atoms with Gasteiger partial charge in [0.15, 0.2) is 0 Å². The lowest BCUT2D eigenvalue weighted by molar-refractivity contribution is -0.125. The Hall–Kier alpha value is -0.610. The smallest absolute Gasteiger partial charge is 0.247 e. The molecule has 4 nitrogen and oxygen atoms in total. The van der Waals surface area contributed by atoms with Crippen LogP contribution in [-0.2, 0) is 4.79 Å². The summed E-state index contributed by atoms with van der Waals surface area (Å²) < 4.78 is 0. The molecule has 0 fully saturated rings. The minimum atomic E-state index is -1.07. The highest BCUT2D eigenvalue weighted by atomic mass is 16.3. The fraction of sp³-hybridized carbons (Fsp3) is 0.833. The van der Waals surface area contributed by atoms with Crippen molar-refractivity contribution in [3.63, 3.8) is 0 Å². The maximum Gasteiger partial charge on any atom is 0.247 e. The van der Waals surface area contributed by atoms with Crippen molar-refractivity contribution >= 4 is 5.91 Å². The minimum Gasteiger partial charge on any atom is -0.382 e. The van der Waals surface area contributed by atoms with Crippen LogP contribution < -0.4 is 11.1 Å². The predicted octanol–water partition coefficient (Wildman–Crippen LogP) is -1.17. The van der Waals surface area contributed by atoms with E-state index in [0.717, 1.165) is 0 Å². The molecule has 1 atom stereocenters. The SMILES string of the molecule is CC(C)NCC(O)C(N)=O. The summed E-state index contributed by atoms with van der Waals surface area (Å²) in [6.45, 7) is 4.08. The molecular weight excluding hydrogens is 132 g/mol. The van der Waals surface area contributed by atoms with E-state index in [1.807, 2.05) is 13.8 Å². The van der Waals surface area contributed by atoms with Crippen LogP contribution in [0.2, 0.25) is 0 Å².